The second-order valence-corrected chi connectivity index (χ2v) is 5.96. The van der Waals surface area contributed by atoms with Crippen LogP contribution in [0.4, 0.5) is 10.1 Å². The molecule has 1 amide bonds. The van der Waals surface area contributed by atoms with Crippen molar-refractivity contribution >= 4 is 23.6 Å². The number of hydrogen-bond acceptors (Lipinski definition) is 2. The molecule has 0 bridgehead atoms. The van der Waals surface area contributed by atoms with E-state index in [9.17, 15) is 9.18 Å². The summed E-state index contributed by atoms with van der Waals surface area (Å²) < 4.78 is 13.7. The molecule has 0 aliphatic rings. The summed E-state index contributed by atoms with van der Waals surface area (Å²) in [6, 6.07) is 11.0. The Morgan fingerprint density at radius 3 is 2.48 bits per heavy atom. The van der Waals surface area contributed by atoms with Crippen molar-refractivity contribution in [1.29, 1.82) is 0 Å². The topological polar surface area (TPSA) is 53.5 Å². The molecular formula is C20H22FN3O. The third kappa shape index (κ3) is 5.01. The van der Waals surface area contributed by atoms with Gasteiger partial charge in [0.05, 0.1) is 0 Å². The zero-order valence-corrected chi connectivity index (χ0v) is 14.9. The first-order valence-electron chi connectivity index (χ1n) is 7.96. The Balaban J connectivity index is 2.25. The van der Waals surface area contributed by atoms with E-state index in [1.807, 2.05) is 45.0 Å². The molecule has 0 atom stereocenters. The fraction of sp³-hybridized carbons (Fsp3) is 0.200. The van der Waals surface area contributed by atoms with Gasteiger partial charge >= 0.3 is 0 Å². The van der Waals surface area contributed by atoms with Crippen molar-refractivity contribution in [2.75, 3.05) is 5.32 Å². The smallest absolute Gasteiger partial charge is 0.213 e. The largest absolute Gasteiger partial charge is 0.325 e. The van der Waals surface area contributed by atoms with Crippen LogP contribution >= 0.6 is 0 Å². The highest BCUT2D eigenvalue weighted by atomic mass is 19.1. The predicted molar refractivity (Wildman–Crippen MR) is 101 cm³/mol. The van der Waals surface area contributed by atoms with Gasteiger partial charge in [-0.15, -0.1) is 0 Å². The van der Waals surface area contributed by atoms with Crippen LogP contribution in [0.15, 0.2) is 47.6 Å². The minimum absolute atomic E-state index is 0.256. The number of carbonyl (C=O) groups is 1. The molecule has 0 radical (unpaired) electrons. The van der Waals surface area contributed by atoms with E-state index in [1.165, 1.54) is 6.07 Å². The zero-order chi connectivity index (χ0) is 18.4. The Labute approximate surface area is 147 Å². The summed E-state index contributed by atoms with van der Waals surface area (Å²) in [6.45, 7) is 7.55. The molecule has 2 aromatic rings. The van der Waals surface area contributed by atoms with Gasteiger partial charge in [-0.25, -0.2) is 9.38 Å². The highest BCUT2D eigenvalue weighted by molar-refractivity contribution is 6.00. The number of hydrogen-bond donors (Lipinski definition) is 2. The molecule has 0 saturated carbocycles. The van der Waals surface area contributed by atoms with Crippen molar-refractivity contribution in [1.82, 2.24) is 5.32 Å². The predicted octanol–water partition coefficient (Wildman–Crippen LogP) is 4.33. The molecule has 0 spiro atoms. The number of amides is 1. The molecule has 5 heteroatoms. The van der Waals surface area contributed by atoms with Crippen LogP contribution in [0.1, 0.15) is 29.2 Å². The van der Waals surface area contributed by atoms with Gasteiger partial charge in [0.25, 0.3) is 0 Å². The van der Waals surface area contributed by atoms with Crippen LogP contribution in [0.5, 0.6) is 0 Å². The number of allylic oxidation sites excluding steroid dienone is 1. The number of aryl methyl sites for hydroxylation is 3. The third-order valence-electron chi connectivity index (χ3n) is 3.85. The maximum Gasteiger partial charge on any atom is 0.213 e. The van der Waals surface area contributed by atoms with Crippen LogP contribution in [-0.2, 0) is 4.79 Å². The summed E-state index contributed by atoms with van der Waals surface area (Å²) in [7, 11) is 0. The van der Waals surface area contributed by atoms with Crippen LogP contribution < -0.4 is 10.6 Å². The highest BCUT2D eigenvalue weighted by Gasteiger charge is 2.04. The summed E-state index contributed by atoms with van der Waals surface area (Å²) >= 11 is 0. The summed E-state index contributed by atoms with van der Waals surface area (Å²) in [4.78, 5) is 15.1. The number of halogens is 1. The van der Waals surface area contributed by atoms with E-state index < -0.39 is 0 Å². The summed E-state index contributed by atoms with van der Waals surface area (Å²) in [5, 5.41) is 5.63. The normalized spacial score (nSPS) is 12.0. The molecule has 2 aromatic carbocycles. The fourth-order valence-electron chi connectivity index (χ4n) is 2.32. The Kier molecular flexibility index (Phi) is 6.06. The van der Waals surface area contributed by atoms with Crippen LogP contribution in [0.25, 0.3) is 5.57 Å². The number of carbonyl (C=O) groups excluding carboxylic acids is 1. The van der Waals surface area contributed by atoms with Crippen LogP contribution in [-0.4, -0.2) is 12.4 Å². The average Bonchev–Trinajstić information content (AvgIpc) is 2.57. The van der Waals surface area contributed by atoms with Gasteiger partial charge < -0.3 is 5.32 Å². The van der Waals surface area contributed by atoms with Crippen LogP contribution in [0, 0.1) is 26.6 Å². The van der Waals surface area contributed by atoms with Gasteiger partial charge in [-0.3, -0.25) is 10.1 Å². The number of guanidine groups is 1. The first kappa shape index (κ1) is 18.4. The molecule has 2 rings (SSSR count). The molecule has 0 fully saturated rings. The lowest BCUT2D eigenvalue weighted by atomic mass is 10.1. The van der Waals surface area contributed by atoms with E-state index in [4.69, 9.17) is 0 Å². The summed E-state index contributed by atoms with van der Waals surface area (Å²) in [5.41, 5.74) is 5.17. The number of nitrogens with zero attached hydrogens (tertiary/aromatic N) is 1. The number of benzene rings is 2. The van der Waals surface area contributed by atoms with E-state index in [2.05, 4.69) is 15.6 Å². The minimum atomic E-state index is -0.256. The van der Waals surface area contributed by atoms with E-state index in [0.29, 0.717) is 17.9 Å². The molecule has 25 heavy (non-hydrogen) atoms. The molecule has 0 unspecified atom stereocenters. The molecule has 0 saturated heterocycles. The van der Waals surface area contributed by atoms with Crippen molar-refractivity contribution in [2.45, 2.75) is 27.7 Å². The maximum absolute atomic E-state index is 13.7. The van der Waals surface area contributed by atoms with Crippen LogP contribution in [0.2, 0.25) is 0 Å². The second-order valence-electron chi connectivity index (χ2n) is 5.96. The van der Waals surface area contributed by atoms with Crippen molar-refractivity contribution in [3.05, 3.63) is 70.7 Å². The van der Waals surface area contributed by atoms with E-state index in [-0.39, 0.29) is 5.82 Å². The first-order valence-corrected chi connectivity index (χ1v) is 7.96. The van der Waals surface area contributed by atoms with E-state index in [0.717, 1.165) is 28.0 Å². The zero-order valence-electron chi connectivity index (χ0n) is 14.9. The van der Waals surface area contributed by atoms with Gasteiger partial charge in [0.15, 0.2) is 0 Å². The Morgan fingerprint density at radius 1 is 1.08 bits per heavy atom. The fourth-order valence-corrected chi connectivity index (χ4v) is 2.32. The van der Waals surface area contributed by atoms with Gasteiger partial charge in [-0.1, -0.05) is 29.8 Å². The molecule has 0 aliphatic carbocycles. The van der Waals surface area contributed by atoms with Crippen LogP contribution in [0.3, 0.4) is 0 Å². The Morgan fingerprint density at radius 2 is 1.84 bits per heavy atom. The Hall–Kier alpha value is -2.95. The quantitative estimate of drug-likeness (QED) is 0.495. The average molecular weight is 339 g/mol. The number of rotatable bonds is 4. The van der Waals surface area contributed by atoms with Crippen molar-refractivity contribution in [3.63, 3.8) is 0 Å². The van der Waals surface area contributed by atoms with Crippen molar-refractivity contribution < 1.29 is 9.18 Å². The molecule has 130 valence electrons. The van der Waals surface area contributed by atoms with E-state index in [1.54, 1.807) is 19.2 Å². The van der Waals surface area contributed by atoms with Gasteiger partial charge in [0, 0.05) is 11.9 Å². The van der Waals surface area contributed by atoms with Crippen molar-refractivity contribution in [2.24, 2.45) is 4.99 Å². The molecular weight excluding hydrogens is 317 g/mol. The molecule has 0 aliphatic heterocycles. The Bertz CT molecular complexity index is 841. The molecule has 4 nitrogen and oxygen atoms in total. The SMILES string of the molecule is C/C(=C\N=C(NC=O)Nc1ccc(C)cc1C)c1ccc(C)c(F)c1. The summed E-state index contributed by atoms with van der Waals surface area (Å²) in [6.07, 6.45) is 2.15. The maximum atomic E-state index is 13.7. The second kappa shape index (κ2) is 8.24. The van der Waals surface area contributed by atoms with E-state index >= 15 is 0 Å². The molecule has 0 heterocycles. The lowest BCUT2D eigenvalue weighted by Gasteiger charge is -2.11. The lowest BCUT2D eigenvalue weighted by molar-refractivity contribution is -0.108. The van der Waals surface area contributed by atoms with Gasteiger partial charge in [0.1, 0.15) is 5.82 Å². The highest BCUT2D eigenvalue weighted by Crippen LogP contribution is 2.18. The van der Waals surface area contributed by atoms with Gasteiger partial charge in [-0.05, 0) is 62.1 Å². The number of aliphatic imine (C=N–C) groups is 1. The van der Waals surface area contributed by atoms with Crippen molar-refractivity contribution in [3.8, 4) is 0 Å². The minimum Gasteiger partial charge on any atom is -0.325 e. The third-order valence-corrected chi connectivity index (χ3v) is 3.85. The first-order chi connectivity index (χ1) is 11.9. The standard InChI is InChI=1S/C20H22FN3O/c1-13-5-8-19(15(3)9-13)24-20(23-12-25)22-11-16(4)17-7-6-14(2)18(21)10-17/h5-12H,1-4H3,(H2,22,23,24,25)/b16-11+. The molecule has 0 aromatic heterocycles. The van der Waals surface area contributed by atoms with Gasteiger partial charge in [-0.2, -0.15) is 0 Å². The monoisotopic (exact) mass is 339 g/mol. The van der Waals surface area contributed by atoms with Gasteiger partial charge in [0.2, 0.25) is 12.4 Å². The number of nitrogens with one attached hydrogen (secondary N) is 2. The number of anilines is 1. The molecule has 2 N–H and O–H groups in total. The lowest BCUT2D eigenvalue weighted by Crippen LogP contribution is -2.29. The summed E-state index contributed by atoms with van der Waals surface area (Å²) in [5.74, 6) is 0.0442.